The van der Waals surface area contributed by atoms with Crippen LogP contribution in [-0.2, 0) is 11.3 Å². The summed E-state index contributed by atoms with van der Waals surface area (Å²) in [6, 6.07) is 6.08. The number of hydrogen-bond donors (Lipinski definition) is 1. The van der Waals surface area contributed by atoms with Gasteiger partial charge >= 0.3 is 0 Å². The summed E-state index contributed by atoms with van der Waals surface area (Å²) in [5.74, 6) is 1.38. The van der Waals surface area contributed by atoms with E-state index in [4.69, 9.17) is 26.2 Å². The molecule has 1 spiro atoms. The lowest BCUT2D eigenvalue weighted by molar-refractivity contribution is -0.136. The lowest BCUT2D eigenvalue weighted by atomic mass is 9.59. The van der Waals surface area contributed by atoms with E-state index in [1.165, 1.54) is 25.9 Å². The van der Waals surface area contributed by atoms with Gasteiger partial charge in [-0.3, -0.25) is 9.58 Å². The maximum atomic E-state index is 6.44. The van der Waals surface area contributed by atoms with Gasteiger partial charge in [0.15, 0.2) is 0 Å². The van der Waals surface area contributed by atoms with Gasteiger partial charge in [-0.25, -0.2) is 14.6 Å². The second kappa shape index (κ2) is 11.4. The Kier molecular flexibility index (Phi) is 7.54. The molecule has 2 saturated heterocycles. The Bertz CT molecular complexity index is 1590. The summed E-state index contributed by atoms with van der Waals surface area (Å²) in [5.41, 5.74) is 4.41. The first-order valence-corrected chi connectivity index (χ1v) is 15.7. The molecule has 0 amide bonds. The second-order valence-corrected chi connectivity index (χ2v) is 13.7. The van der Waals surface area contributed by atoms with Crippen LogP contribution in [0.2, 0.25) is 5.02 Å². The van der Waals surface area contributed by atoms with Crippen molar-refractivity contribution in [1.29, 1.82) is 0 Å². The van der Waals surface area contributed by atoms with Gasteiger partial charge in [0.25, 0.3) is 0 Å². The monoisotopic (exact) mass is 618 g/mol. The molecule has 44 heavy (non-hydrogen) atoms. The quantitative estimate of drug-likeness (QED) is 0.256. The minimum absolute atomic E-state index is 0.186. The maximum Gasteiger partial charge on any atom is 0.227 e. The number of ether oxygens (including phenoxy) is 2. The predicted molar refractivity (Wildman–Crippen MR) is 166 cm³/mol. The molecule has 4 aromatic rings. The Morgan fingerprint density at radius 3 is 2.61 bits per heavy atom. The van der Waals surface area contributed by atoms with Crippen molar-refractivity contribution in [3.05, 3.63) is 53.8 Å². The third-order valence-corrected chi connectivity index (χ3v) is 9.67. The Morgan fingerprint density at radius 1 is 1.14 bits per heavy atom. The molecular weight excluding hydrogens is 580 g/mol. The summed E-state index contributed by atoms with van der Waals surface area (Å²) in [5, 5.41) is 20.2. The van der Waals surface area contributed by atoms with E-state index in [-0.39, 0.29) is 17.6 Å². The Morgan fingerprint density at radius 2 is 1.93 bits per heavy atom. The van der Waals surface area contributed by atoms with Crippen molar-refractivity contribution in [3.8, 4) is 16.9 Å². The zero-order valence-corrected chi connectivity index (χ0v) is 26.4. The van der Waals surface area contributed by atoms with Crippen LogP contribution in [0.15, 0.2) is 43.1 Å². The molecular formula is C31H39ClN10O2. The normalized spacial score (nSPS) is 22.2. The standard InChI is InChI=1S/C31H39ClN10O2/c1-20(2)28-26(15-42(37-28)24-10-31(11-24)16-40(17-31)30(4)7-8-43-18-30)36-29-33-12-23(13-34-29)22-5-6-25(32)27(9-22)44-21(3)14-41-19-35-38-39-41/h5-6,9,12-13,15,19-21,24H,7-8,10-11,14,16-18H2,1-4H3,(H,33,34,36)/t21-,30?/m0/s1. The van der Waals surface area contributed by atoms with E-state index < -0.39 is 0 Å². The van der Waals surface area contributed by atoms with Crippen LogP contribution in [0.1, 0.15) is 64.6 Å². The van der Waals surface area contributed by atoms with Gasteiger partial charge in [0.1, 0.15) is 18.2 Å². The molecule has 7 rings (SSSR count). The molecule has 0 radical (unpaired) electrons. The second-order valence-electron chi connectivity index (χ2n) is 13.3. The summed E-state index contributed by atoms with van der Waals surface area (Å²) in [7, 11) is 0. The van der Waals surface area contributed by atoms with E-state index in [2.05, 4.69) is 67.4 Å². The summed E-state index contributed by atoms with van der Waals surface area (Å²) in [4.78, 5) is 11.9. The zero-order chi connectivity index (χ0) is 30.5. The average Bonchev–Trinajstić information content (AvgIpc) is 3.71. The van der Waals surface area contributed by atoms with Crippen LogP contribution in [0.25, 0.3) is 11.1 Å². The SMILES string of the molecule is CC(C)c1nn(C2CC3(C2)CN(C2(C)CCOC2)C3)cc1Nc1ncc(-c2ccc(Cl)c(O[C@@H](C)Cn3cnnn3)c2)cn1. The topological polar surface area (TPSA) is 121 Å². The largest absolute Gasteiger partial charge is 0.487 e. The highest BCUT2D eigenvalue weighted by Crippen LogP contribution is 2.56. The fourth-order valence-electron chi connectivity index (χ4n) is 6.77. The lowest BCUT2D eigenvalue weighted by Gasteiger charge is -2.62. The van der Waals surface area contributed by atoms with Gasteiger partial charge in [-0.15, -0.1) is 5.10 Å². The van der Waals surface area contributed by atoms with Crippen molar-refractivity contribution in [2.75, 3.05) is 31.6 Å². The van der Waals surface area contributed by atoms with Crippen molar-refractivity contribution >= 4 is 23.2 Å². The molecule has 1 N–H and O–H groups in total. The molecule has 232 valence electrons. The number of nitrogens with zero attached hydrogens (tertiary/aromatic N) is 9. The first-order valence-electron chi connectivity index (χ1n) is 15.4. The molecule has 1 aromatic carbocycles. The number of rotatable bonds is 10. The molecule has 1 aliphatic carbocycles. The van der Waals surface area contributed by atoms with Crippen LogP contribution in [-0.4, -0.2) is 82.8 Å². The van der Waals surface area contributed by atoms with Crippen molar-refractivity contribution in [1.82, 2.24) is 44.9 Å². The molecule has 3 aliphatic rings. The van der Waals surface area contributed by atoms with Gasteiger partial charge in [-0.05, 0) is 72.6 Å². The van der Waals surface area contributed by atoms with Crippen LogP contribution in [0, 0.1) is 5.41 Å². The minimum atomic E-state index is -0.186. The Balaban J connectivity index is 0.994. The van der Waals surface area contributed by atoms with E-state index in [9.17, 15) is 0 Å². The van der Waals surface area contributed by atoms with E-state index in [0.717, 1.165) is 42.1 Å². The van der Waals surface area contributed by atoms with Gasteiger partial charge in [0.2, 0.25) is 5.95 Å². The number of aromatic nitrogens is 8. The minimum Gasteiger partial charge on any atom is -0.487 e. The molecule has 2 atom stereocenters. The van der Waals surface area contributed by atoms with Gasteiger partial charge in [0.05, 0.1) is 35.6 Å². The van der Waals surface area contributed by atoms with E-state index in [0.29, 0.717) is 34.7 Å². The molecule has 12 nitrogen and oxygen atoms in total. The summed E-state index contributed by atoms with van der Waals surface area (Å²) >= 11 is 6.44. The smallest absolute Gasteiger partial charge is 0.227 e. The first-order chi connectivity index (χ1) is 21.2. The lowest BCUT2D eigenvalue weighted by Crippen LogP contribution is -2.68. The molecule has 13 heteroatoms. The Hall–Kier alpha value is -3.61. The van der Waals surface area contributed by atoms with Crippen LogP contribution in [0.5, 0.6) is 5.75 Å². The summed E-state index contributed by atoms with van der Waals surface area (Å²) < 4.78 is 15.6. The zero-order valence-electron chi connectivity index (χ0n) is 25.6. The number of halogens is 1. The maximum absolute atomic E-state index is 6.44. The molecule has 1 saturated carbocycles. The molecule has 3 aromatic heterocycles. The van der Waals surface area contributed by atoms with Crippen LogP contribution in [0.4, 0.5) is 11.6 Å². The highest BCUT2D eigenvalue weighted by Gasteiger charge is 2.57. The van der Waals surface area contributed by atoms with Crippen molar-refractivity contribution in [3.63, 3.8) is 0 Å². The van der Waals surface area contributed by atoms with Crippen molar-refractivity contribution in [2.45, 2.75) is 77.1 Å². The highest BCUT2D eigenvalue weighted by atomic mass is 35.5. The van der Waals surface area contributed by atoms with Crippen molar-refractivity contribution < 1.29 is 9.47 Å². The van der Waals surface area contributed by atoms with E-state index in [1.54, 1.807) is 23.4 Å². The first kappa shape index (κ1) is 29.1. The number of hydrogen-bond acceptors (Lipinski definition) is 10. The average molecular weight is 619 g/mol. The van der Waals surface area contributed by atoms with Crippen LogP contribution >= 0.6 is 11.6 Å². The molecule has 2 aliphatic heterocycles. The van der Waals surface area contributed by atoms with Crippen LogP contribution in [0.3, 0.4) is 0 Å². The molecule has 5 heterocycles. The van der Waals surface area contributed by atoms with E-state index in [1.807, 2.05) is 25.1 Å². The third-order valence-electron chi connectivity index (χ3n) is 9.36. The fourth-order valence-corrected chi connectivity index (χ4v) is 6.93. The van der Waals surface area contributed by atoms with Crippen molar-refractivity contribution in [2.24, 2.45) is 5.41 Å². The van der Waals surface area contributed by atoms with Gasteiger partial charge in [-0.2, -0.15) is 5.10 Å². The number of benzene rings is 1. The predicted octanol–water partition coefficient (Wildman–Crippen LogP) is 5.13. The fraction of sp³-hybridized carbons (Fsp3) is 0.548. The molecule has 0 bridgehead atoms. The van der Waals surface area contributed by atoms with Gasteiger partial charge in [0, 0.05) is 49.4 Å². The summed E-state index contributed by atoms with van der Waals surface area (Å²) in [6.45, 7) is 13.2. The molecule has 1 unspecified atom stereocenters. The third kappa shape index (κ3) is 5.66. The molecule has 3 fully saturated rings. The van der Waals surface area contributed by atoms with Crippen LogP contribution < -0.4 is 10.1 Å². The number of anilines is 2. The number of likely N-dealkylation sites (tertiary alicyclic amines) is 1. The number of tetrazole rings is 1. The summed E-state index contributed by atoms with van der Waals surface area (Å²) in [6.07, 6.45) is 10.6. The highest BCUT2D eigenvalue weighted by molar-refractivity contribution is 6.32. The van der Waals surface area contributed by atoms with Gasteiger partial charge < -0.3 is 14.8 Å². The van der Waals surface area contributed by atoms with E-state index >= 15 is 0 Å². The van der Waals surface area contributed by atoms with Gasteiger partial charge in [-0.1, -0.05) is 31.5 Å². The number of nitrogens with one attached hydrogen (secondary N) is 1. The Labute approximate surface area is 262 Å².